The molecule has 0 aromatic rings. The Labute approximate surface area is 106 Å². The van der Waals surface area contributed by atoms with E-state index in [1.807, 2.05) is 0 Å². The topological polar surface area (TPSA) is 87.1 Å². The lowest BCUT2D eigenvalue weighted by Crippen LogP contribution is -2.53. The summed E-state index contributed by atoms with van der Waals surface area (Å²) in [5.41, 5.74) is -0.652. The predicted molar refractivity (Wildman–Crippen MR) is 62.0 cm³/mol. The van der Waals surface area contributed by atoms with Crippen LogP contribution in [0.25, 0.3) is 0 Å². The van der Waals surface area contributed by atoms with Crippen molar-refractivity contribution in [2.75, 3.05) is 0 Å². The first kappa shape index (κ1) is 13.1. The number of ether oxygens (including phenoxy) is 1. The van der Waals surface area contributed by atoms with Gasteiger partial charge in [-0.15, -0.1) is 0 Å². The van der Waals surface area contributed by atoms with Crippen LogP contribution in [0, 0.1) is 5.92 Å². The molecule has 18 heavy (non-hydrogen) atoms. The molecule has 0 radical (unpaired) electrons. The van der Waals surface area contributed by atoms with Gasteiger partial charge in [0.1, 0.15) is 11.6 Å². The zero-order chi connectivity index (χ0) is 13.7. The molecule has 1 saturated heterocycles. The van der Waals surface area contributed by atoms with E-state index in [-0.39, 0.29) is 12.0 Å². The number of piperidine rings is 1. The van der Waals surface area contributed by atoms with E-state index in [4.69, 9.17) is 4.74 Å². The zero-order valence-electron chi connectivity index (χ0n) is 10.8. The molecule has 4 atom stereocenters. The lowest BCUT2D eigenvalue weighted by atomic mass is 9.96. The van der Waals surface area contributed by atoms with Crippen molar-refractivity contribution < 1.29 is 24.5 Å². The summed E-state index contributed by atoms with van der Waals surface area (Å²) in [6, 6.07) is -1.19. The summed E-state index contributed by atoms with van der Waals surface area (Å²) in [4.78, 5) is 24.6. The van der Waals surface area contributed by atoms with Gasteiger partial charge in [-0.05, 0) is 33.6 Å². The molecule has 1 amide bonds. The van der Waals surface area contributed by atoms with Gasteiger partial charge in [0.25, 0.3) is 0 Å². The molecule has 0 spiro atoms. The smallest absolute Gasteiger partial charge is 0.411 e. The fourth-order valence-corrected chi connectivity index (χ4v) is 2.90. The number of aliphatic carboxylic acids is 1. The number of hydrogen-bond donors (Lipinski definition) is 2. The standard InChI is InChI=1S/C12H19NO5/c1-12(2,3)18-11(17)13-6-4-7(8(14)5-6)9(13)10(15)16/h6-9,14H,4-5H2,1-3H3,(H,15,16)/t6-,7+,8+,9+/m1/s1. The highest BCUT2D eigenvalue weighted by Gasteiger charge is 2.56. The van der Waals surface area contributed by atoms with E-state index >= 15 is 0 Å². The van der Waals surface area contributed by atoms with E-state index < -0.39 is 29.8 Å². The number of carboxylic acid groups (broad SMARTS) is 1. The Balaban J connectivity index is 2.17. The summed E-state index contributed by atoms with van der Waals surface area (Å²) in [5, 5.41) is 18.9. The second-order valence-electron chi connectivity index (χ2n) is 6.03. The van der Waals surface area contributed by atoms with Crippen molar-refractivity contribution in [3.8, 4) is 0 Å². The van der Waals surface area contributed by atoms with E-state index in [0.29, 0.717) is 12.8 Å². The largest absolute Gasteiger partial charge is 0.480 e. The molecule has 0 unspecified atom stereocenters. The molecule has 2 aliphatic rings. The van der Waals surface area contributed by atoms with Crippen LogP contribution in [0.1, 0.15) is 33.6 Å². The summed E-state index contributed by atoms with van der Waals surface area (Å²) in [5.74, 6) is -1.45. The number of rotatable bonds is 1. The Morgan fingerprint density at radius 3 is 2.39 bits per heavy atom. The predicted octanol–water partition coefficient (Wildman–Crippen LogP) is 0.830. The zero-order valence-corrected chi connectivity index (χ0v) is 10.8. The Morgan fingerprint density at radius 1 is 1.28 bits per heavy atom. The molecule has 1 heterocycles. The summed E-state index contributed by atoms with van der Waals surface area (Å²) in [7, 11) is 0. The first-order valence-electron chi connectivity index (χ1n) is 6.13. The minimum absolute atomic E-state index is 0.221. The number of hydrogen-bond acceptors (Lipinski definition) is 4. The number of amides is 1. The molecule has 1 aliphatic heterocycles. The van der Waals surface area contributed by atoms with Gasteiger partial charge in [0, 0.05) is 12.0 Å². The van der Waals surface area contributed by atoms with Crippen LogP contribution in [0.5, 0.6) is 0 Å². The molecule has 2 fully saturated rings. The fraction of sp³-hybridized carbons (Fsp3) is 0.833. The third kappa shape index (κ3) is 2.16. The average Bonchev–Trinajstić information content (AvgIpc) is 2.69. The maximum Gasteiger partial charge on any atom is 0.411 e. The van der Waals surface area contributed by atoms with Crippen molar-refractivity contribution in [3.05, 3.63) is 0 Å². The van der Waals surface area contributed by atoms with E-state index in [2.05, 4.69) is 0 Å². The van der Waals surface area contributed by atoms with Crippen LogP contribution < -0.4 is 0 Å². The van der Waals surface area contributed by atoms with Crippen molar-refractivity contribution in [3.63, 3.8) is 0 Å². The number of fused-ring (bicyclic) bond motifs is 2. The Morgan fingerprint density at radius 2 is 1.89 bits per heavy atom. The van der Waals surface area contributed by atoms with Crippen molar-refractivity contribution in [2.24, 2.45) is 5.92 Å². The van der Waals surface area contributed by atoms with Gasteiger partial charge < -0.3 is 14.9 Å². The lowest BCUT2D eigenvalue weighted by molar-refractivity contribution is -0.147. The number of nitrogens with zero attached hydrogens (tertiary/aromatic N) is 1. The second kappa shape index (κ2) is 4.12. The molecule has 6 heteroatoms. The second-order valence-corrected chi connectivity index (χ2v) is 6.03. The number of carboxylic acids is 1. The van der Waals surface area contributed by atoms with Crippen molar-refractivity contribution in [1.82, 2.24) is 4.90 Å². The van der Waals surface area contributed by atoms with Gasteiger partial charge in [-0.2, -0.15) is 0 Å². The van der Waals surface area contributed by atoms with Crippen LogP contribution in [-0.2, 0) is 9.53 Å². The third-order valence-corrected chi connectivity index (χ3v) is 3.51. The van der Waals surface area contributed by atoms with Gasteiger partial charge in [-0.1, -0.05) is 0 Å². The maximum absolute atomic E-state index is 12.0. The molecule has 2 N–H and O–H groups in total. The summed E-state index contributed by atoms with van der Waals surface area (Å²) >= 11 is 0. The van der Waals surface area contributed by atoms with Crippen LogP contribution >= 0.6 is 0 Å². The van der Waals surface area contributed by atoms with Gasteiger partial charge >= 0.3 is 12.1 Å². The number of aliphatic hydroxyl groups excluding tert-OH is 1. The molecular weight excluding hydrogens is 238 g/mol. The Hall–Kier alpha value is -1.30. The summed E-state index contributed by atoms with van der Waals surface area (Å²) < 4.78 is 5.23. The minimum Gasteiger partial charge on any atom is -0.480 e. The van der Waals surface area contributed by atoms with Crippen LogP contribution in [0.15, 0.2) is 0 Å². The van der Waals surface area contributed by atoms with Crippen LogP contribution in [-0.4, -0.2) is 51.0 Å². The maximum atomic E-state index is 12.0. The van der Waals surface area contributed by atoms with Gasteiger partial charge in [0.15, 0.2) is 0 Å². The highest BCUT2D eigenvalue weighted by atomic mass is 16.6. The monoisotopic (exact) mass is 257 g/mol. The number of likely N-dealkylation sites (tertiary alicyclic amines) is 1. The number of carbonyl (C=O) groups is 2. The molecule has 0 aromatic heterocycles. The normalized spacial score (nSPS) is 34.8. The lowest BCUT2D eigenvalue weighted by Gasteiger charge is -2.35. The van der Waals surface area contributed by atoms with Gasteiger partial charge in [-0.25, -0.2) is 9.59 Å². The van der Waals surface area contributed by atoms with Crippen LogP contribution in [0.4, 0.5) is 4.79 Å². The van der Waals surface area contributed by atoms with Gasteiger partial charge in [0.05, 0.1) is 6.10 Å². The minimum atomic E-state index is -1.08. The average molecular weight is 257 g/mol. The highest BCUT2D eigenvalue weighted by molar-refractivity contribution is 5.82. The van der Waals surface area contributed by atoms with Crippen molar-refractivity contribution in [2.45, 2.75) is 57.4 Å². The summed E-state index contributed by atoms with van der Waals surface area (Å²) in [6.45, 7) is 5.22. The Kier molecular flexibility index (Phi) is 3.01. The SMILES string of the molecule is CC(C)(C)OC(=O)N1[C@@H]2C[C@H]([C@H]1C(=O)O)[C@@H](O)C2. The fourth-order valence-electron chi connectivity index (χ4n) is 2.90. The summed E-state index contributed by atoms with van der Waals surface area (Å²) in [6.07, 6.45) is -0.255. The molecule has 102 valence electrons. The van der Waals surface area contributed by atoms with E-state index in [9.17, 15) is 19.8 Å². The quantitative estimate of drug-likeness (QED) is 0.726. The van der Waals surface area contributed by atoms with Gasteiger partial charge in [-0.3, -0.25) is 4.90 Å². The first-order valence-corrected chi connectivity index (χ1v) is 6.13. The molecule has 1 aliphatic carbocycles. The molecule has 2 rings (SSSR count). The van der Waals surface area contributed by atoms with Crippen molar-refractivity contribution >= 4 is 12.1 Å². The molecule has 1 saturated carbocycles. The van der Waals surface area contributed by atoms with Gasteiger partial charge in [0.2, 0.25) is 0 Å². The van der Waals surface area contributed by atoms with Crippen molar-refractivity contribution in [1.29, 1.82) is 0 Å². The highest BCUT2D eigenvalue weighted by Crippen LogP contribution is 2.43. The number of aliphatic hydroxyl groups is 1. The molecule has 6 nitrogen and oxygen atoms in total. The molecule has 2 bridgehead atoms. The third-order valence-electron chi connectivity index (χ3n) is 3.51. The molecule has 0 aromatic carbocycles. The van der Waals surface area contributed by atoms with Crippen LogP contribution in [0.3, 0.4) is 0 Å². The molecular formula is C12H19NO5. The van der Waals surface area contributed by atoms with E-state index in [0.717, 1.165) is 0 Å². The Bertz CT molecular complexity index is 375. The number of carbonyl (C=O) groups excluding carboxylic acids is 1. The first-order chi connectivity index (χ1) is 8.20. The van der Waals surface area contributed by atoms with E-state index in [1.165, 1.54) is 4.90 Å². The van der Waals surface area contributed by atoms with Crippen LogP contribution in [0.2, 0.25) is 0 Å². The van der Waals surface area contributed by atoms with E-state index in [1.54, 1.807) is 20.8 Å².